The van der Waals surface area contributed by atoms with Crippen LogP contribution in [0.15, 0.2) is 72.8 Å². The van der Waals surface area contributed by atoms with Crippen LogP contribution in [-0.4, -0.2) is 9.79 Å². The Hall–Kier alpha value is -2.19. The summed E-state index contributed by atoms with van der Waals surface area (Å²) >= 11 is 0. The lowest BCUT2D eigenvalue weighted by molar-refractivity contribution is 0.374. The zero-order chi connectivity index (χ0) is 16.2. The largest absolute Gasteiger partial charge is 0.426 e. The summed E-state index contributed by atoms with van der Waals surface area (Å²) in [7, 11) is -2.48. The van der Waals surface area contributed by atoms with Gasteiger partial charge in [-0.1, -0.05) is 72.8 Å². The van der Waals surface area contributed by atoms with E-state index in [1.54, 1.807) is 0 Å². The van der Waals surface area contributed by atoms with E-state index in [-0.39, 0.29) is 0 Å². The molecule has 3 aromatic rings. The fourth-order valence-corrected chi connectivity index (χ4v) is 3.03. The molecule has 0 fully saturated rings. The smallest absolute Gasteiger partial charge is 0.391 e. The van der Waals surface area contributed by atoms with Gasteiger partial charge in [-0.05, 0) is 29.2 Å². The molecule has 0 unspecified atom stereocenters. The minimum absolute atomic E-state index is 0.508. The summed E-state index contributed by atoms with van der Waals surface area (Å²) in [4.78, 5) is 18.7. The molecular formula is C19H17O3P. The third-order valence-corrected chi connectivity index (χ3v) is 4.02. The molecular weight excluding hydrogens is 307 g/mol. The molecule has 0 amide bonds. The molecule has 116 valence electrons. The molecule has 3 rings (SSSR count). The van der Waals surface area contributed by atoms with E-state index in [1.807, 2.05) is 79.7 Å². The third-order valence-electron chi connectivity index (χ3n) is 3.67. The maximum Gasteiger partial charge on any atom is 0.391 e. The first-order valence-corrected chi connectivity index (χ1v) is 8.43. The third kappa shape index (κ3) is 3.43. The Bertz CT molecular complexity index is 786. The van der Waals surface area contributed by atoms with Gasteiger partial charge in [0, 0.05) is 5.56 Å². The molecule has 0 aliphatic heterocycles. The molecule has 0 radical (unpaired) electrons. The fraction of sp³-hybridized carbons (Fsp3) is 0.0526. The molecule has 2 N–H and O–H groups in total. The molecule has 0 aliphatic rings. The maximum absolute atomic E-state index is 9.36. The highest BCUT2D eigenvalue weighted by Crippen LogP contribution is 2.44. The van der Waals surface area contributed by atoms with Gasteiger partial charge in [0.05, 0.1) is 0 Å². The molecule has 3 nitrogen and oxygen atoms in total. The molecule has 0 saturated heterocycles. The Morgan fingerprint density at radius 2 is 1.30 bits per heavy atom. The van der Waals surface area contributed by atoms with Crippen LogP contribution in [0.4, 0.5) is 0 Å². The van der Waals surface area contributed by atoms with E-state index in [4.69, 9.17) is 4.52 Å². The topological polar surface area (TPSA) is 49.7 Å². The number of benzene rings is 3. The molecule has 0 saturated carbocycles. The highest BCUT2D eigenvalue weighted by molar-refractivity contribution is 7.39. The second-order valence-corrected chi connectivity index (χ2v) is 5.90. The number of aryl methyl sites for hydroxylation is 1. The molecule has 4 heteroatoms. The van der Waals surface area contributed by atoms with Gasteiger partial charge >= 0.3 is 8.60 Å². The Kier molecular flexibility index (Phi) is 4.73. The summed E-state index contributed by atoms with van der Waals surface area (Å²) in [5.41, 5.74) is 4.75. The number of rotatable bonds is 4. The normalized spacial score (nSPS) is 10.8. The van der Waals surface area contributed by atoms with Crippen LogP contribution in [0.1, 0.15) is 5.56 Å². The van der Waals surface area contributed by atoms with E-state index in [0.29, 0.717) is 5.75 Å². The minimum atomic E-state index is -2.48. The van der Waals surface area contributed by atoms with Crippen LogP contribution in [0.25, 0.3) is 22.3 Å². The van der Waals surface area contributed by atoms with Gasteiger partial charge < -0.3 is 14.3 Å². The lowest BCUT2D eigenvalue weighted by Gasteiger charge is -2.18. The van der Waals surface area contributed by atoms with Crippen molar-refractivity contribution in [1.29, 1.82) is 0 Å². The van der Waals surface area contributed by atoms with Crippen LogP contribution in [-0.2, 0) is 0 Å². The average Bonchev–Trinajstić information content (AvgIpc) is 2.58. The summed E-state index contributed by atoms with van der Waals surface area (Å²) < 4.78 is 5.37. The summed E-state index contributed by atoms with van der Waals surface area (Å²) in [6.07, 6.45) is 0. The van der Waals surface area contributed by atoms with Crippen LogP contribution in [0.5, 0.6) is 5.75 Å². The molecule has 0 aliphatic carbocycles. The van der Waals surface area contributed by atoms with Gasteiger partial charge in [-0.25, -0.2) is 0 Å². The maximum atomic E-state index is 9.36. The zero-order valence-corrected chi connectivity index (χ0v) is 13.6. The fourth-order valence-electron chi connectivity index (χ4n) is 2.64. The predicted molar refractivity (Wildman–Crippen MR) is 94.0 cm³/mol. The molecule has 23 heavy (non-hydrogen) atoms. The Labute approximate surface area is 136 Å². The summed E-state index contributed by atoms with van der Waals surface area (Å²) in [6, 6.07) is 23.8. The molecule has 0 aromatic heterocycles. The SMILES string of the molecule is Cc1ccc(-c2ccccc2)c(-c2ccccc2)c1OP(O)O. The van der Waals surface area contributed by atoms with Gasteiger partial charge in [0.2, 0.25) is 0 Å². The lowest BCUT2D eigenvalue weighted by atomic mass is 9.92. The molecule has 0 bridgehead atoms. The van der Waals surface area contributed by atoms with E-state index in [0.717, 1.165) is 27.8 Å². The van der Waals surface area contributed by atoms with E-state index >= 15 is 0 Å². The van der Waals surface area contributed by atoms with Crippen LogP contribution >= 0.6 is 8.60 Å². The molecule has 0 atom stereocenters. The minimum Gasteiger partial charge on any atom is -0.426 e. The van der Waals surface area contributed by atoms with Gasteiger partial charge in [0.1, 0.15) is 5.75 Å². The van der Waals surface area contributed by atoms with E-state index < -0.39 is 8.60 Å². The quantitative estimate of drug-likeness (QED) is 0.670. The monoisotopic (exact) mass is 324 g/mol. The second kappa shape index (κ2) is 6.93. The van der Waals surface area contributed by atoms with Crippen molar-refractivity contribution in [3.8, 4) is 28.0 Å². The summed E-state index contributed by atoms with van der Waals surface area (Å²) in [5, 5.41) is 0. The Balaban J connectivity index is 2.28. The Morgan fingerprint density at radius 3 is 1.87 bits per heavy atom. The van der Waals surface area contributed by atoms with Crippen LogP contribution < -0.4 is 4.52 Å². The van der Waals surface area contributed by atoms with Gasteiger partial charge in [-0.15, -0.1) is 0 Å². The summed E-state index contributed by atoms with van der Waals surface area (Å²) in [6.45, 7) is 1.90. The number of hydrogen-bond donors (Lipinski definition) is 2. The van der Waals surface area contributed by atoms with Gasteiger partial charge in [-0.2, -0.15) is 0 Å². The number of hydrogen-bond acceptors (Lipinski definition) is 3. The first-order valence-electron chi connectivity index (χ1n) is 7.27. The van der Waals surface area contributed by atoms with Crippen molar-refractivity contribution < 1.29 is 14.3 Å². The van der Waals surface area contributed by atoms with Crippen molar-refractivity contribution in [2.45, 2.75) is 6.92 Å². The second-order valence-electron chi connectivity index (χ2n) is 5.21. The average molecular weight is 324 g/mol. The van der Waals surface area contributed by atoms with Crippen molar-refractivity contribution in [2.75, 3.05) is 0 Å². The molecule has 0 heterocycles. The predicted octanol–water partition coefficient (Wildman–Crippen LogP) is 4.92. The standard InChI is InChI=1S/C19H17O3P/c1-14-12-13-17(15-8-4-2-5-9-15)18(19(14)22-23(20)21)16-10-6-3-7-11-16/h2-13,20-21H,1H3. The van der Waals surface area contributed by atoms with Gasteiger partial charge in [-0.3, -0.25) is 0 Å². The lowest BCUT2D eigenvalue weighted by Crippen LogP contribution is -1.95. The van der Waals surface area contributed by atoms with Crippen LogP contribution in [0.3, 0.4) is 0 Å². The first kappa shape index (κ1) is 15.7. The van der Waals surface area contributed by atoms with Crippen molar-refractivity contribution in [1.82, 2.24) is 0 Å². The van der Waals surface area contributed by atoms with Crippen molar-refractivity contribution in [3.05, 3.63) is 78.4 Å². The molecule has 3 aromatic carbocycles. The summed E-state index contributed by atoms with van der Waals surface area (Å²) in [5.74, 6) is 0.508. The van der Waals surface area contributed by atoms with Crippen molar-refractivity contribution >= 4 is 8.60 Å². The van der Waals surface area contributed by atoms with E-state index in [2.05, 4.69) is 0 Å². The van der Waals surface area contributed by atoms with Crippen LogP contribution in [0, 0.1) is 6.92 Å². The highest BCUT2D eigenvalue weighted by atomic mass is 31.2. The van der Waals surface area contributed by atoms with E-state index in [1.165, 1.54) is 0 Å². The van der Waals surface area contributed by atoms with Gasteiger partial charge in [0.15, 0.2) is 0 Å². The van der Waals surface area contributed by atoms with Gasteiger partial charge in [0.25, 0.3) is 0 Å². The first-order chi connectivity index (χ1) is 11.2. The Morgan fingerprint density at radius 1 is 0.739 bits per heavy atom. The van der Waals surface area contributed by atoms with Crippen LogP contribution in [0.2, 0.25) is 0 Å². The van der Waals surface area contributed by atoms with Crippen molar-refractivity contribution in [2.24, 2.45) is 0 Å². The molecule has 0 spiro atoms. The zero-order valence-electron chi connectivity index (χ0n) is 12.7. The van der Waals surface area contributed by atoms with Crippen molar-refractivity contribution in [3.63, 3.8) is 0 Å². The highest BCUT2D eigenvalue weighted by Gasteiger charge is 2.18. The van der Waals surface area contributed by atoms with E-state index in [9.17, 15) is 9.79 Å².